The van der Waals surface area contributed by atoms with Crippen molar-refractivity contribution in [2.24, 2.45) is 0 Å². The van der Waals surface area contributed by atoms with Crippen LogP contribution in [-0.4, -0.2) is 27.2 Å². The summed E-state index contributed by atoms with van der Waals surface area (Å²) in [5.41, 5.74) is 3.32. The first-order valence-corrected chi connectivity index (χ1v) is 8.94. The van der Waals surface area contributed by atoms with Gasteiger partial charge in [0.05, 0.1) is 10.7 Å². The second-order valence-corrected chi connectivity index (χ2v) is 6.59. The maximum absolute atomic E-state index is 12.5. The molecule has 3 rings (SSSR count). The molecule has 0 aliphatic carbocycles. The molecule has 0 atom stereocenters. The Bertz CT molecular complexity index is 905. The topological polar surface area (TPSA) is 59.8 Å². The molecule has 0 unspecified atom stereocenters. The van der Waals surface area contributed by atoms with E-state index in [4.69, 9.17) is 11.6 Å². The van der Waals surface area contributed by atoms with Gasteiger partial charge in [-0.3, -0.25) is 4.79 Å². The summed E-state index contributed by atoms with van der Waals surface area (Å²) in [6, 6.07) is 15.6. The lowest BCUT2D eigenvalue weighted by Crippen LogP contribution is -2.26. The van der Waals surface area contributed by atoms with Gasteiger partial charge in [0.25, 0.3) is 5.91 Å². The second-order valence-electron chi connectivity index (χ2n) is 6.18. The molecule has 0 radical (unpaired) electrons. The third-order valence-corrected chi connectivity index (χ3v) is 4.35. The van der Waals surface area contributed by atoms with Gasteiger partial charge in [0, 0.05) is 12.2 Å². The Morgan fingerprint density at radius 1 is 1.15 bits per heavy atom. The number of nitrogens with one attached hydrogen (secondary N) is 1. The molecule has 0 aliphatic rings. The number of benzene rings is 1. The van der Waals surface area contributed by atoms with E-state index >= 15 is 0 Å². The largest absolute Gasteiger partial charge is 0.351 e. The van der Waals surface area contributed by atoms with Gasteiger partial charge in [0.15, 0.2) is 5.82 Å². The Labute approximate surface area is 158 Å². The number of pyridine rings is 1. The molecule has 134 valence electrons. The molecule has 1 aromatic carbocycles. The van der Waals surface area contributed by atoms with Crippen LogP contribution in [-0.2, 0) is 6.42 Å². The molecule has 6 heteroatoms. The van der Waals surface area contributed by atoms with Gasteiger partial charge in [-0.15, -0.1) is 0 Å². The van der Waals surface area contributed by atoms with Gasteiger partial charge < -0.3 is 5.32 Å². The Kier molecular flexibility index (Phi) is 5.68. The smallest absolute Gasteiger partial charge is 0.271 e. The number of aromatic nitrogens is 3. The molecule has 0 aliphatic heterocycles. The number of hydrogen-bond acceptors (Lipinski definition) is 3. The van der Waals surface area contributed by atoms with Gasteiger partial charge in [-0.2, -0.15) is 5.10 Å². The zero-order chi connectivity index (χ0) is 18.5. The van der Waals surface area contributed by atoms with Gasteiger partial charge in [-0.25, -0.2) is 9.67 Å². The fourth-order valence-electron chi connectivity index (χ4n) is 2.79. The standard InChI is InChI=1S/C20H21ClN4O/c1-14-13-15(2)25(24-14)18-11-10-17(21)19(23-18)20(26)22-12-6-9-16-7-4-3-5-8-16/h3-5,7-8,10-11,13H,6,9,12H2,1-2H3,(H,22,26). The summed E-state index contributed by atoms with van der Waals surface area (Å²) in [6.45, 7) is 4.43. The number of carbonyl (C=O) groups excluding carboxylic acids is 1. The molecular formula is C20H21ClN4O. The molecule has 1 N–H and O–H groups in total. The highest BCUT2D eigenvalue weighted by Crippen LogP contribution is 2.17. The van der Waals surface area contributed by atoms with E-state index in [1.807, 2.05) is 38.1 Å². The normalized spacial score (nSPS) is 10.7. The van der Waals surface area contributed by atoms with E-state index in [1.165, 1.54) is 5.56 Å². The molecule has 26 heavy (non-hydrogen) atoms. The lowest BCUT2D eigenvalue weighted by atomic mass is 10.1. The first-order chi connectivity index (χ1) is 12.5. The summed E-state index contributed by atoms with van der Waals surface area (Å²) >= 11 is 6.18. The third-order valence-electron chi connectivity index (χ3n) is 4.04. The van der Waals surface area contributed by atoms with Gasteiger partial charge in [0.2, 0.25) is 0 Å². The molecule has 2 aromatic heterocycles. The van der Waals surface area contributed by atoms with Crippen LogP contribution in [0.3, 0.4) is 0 Å². The van der Waals surface area contributed by atoms with Gasteiger partial charge in [0.1, 0.15) is 5.69 Å². The number of hydrogen-bond donors (Lipinski definition) is 1. The molecule has 1 amide bonds. The highest BCUT2D eigenvalue weighted by atomic mass is 35.5. The number of nitrogens with zero attached hydrogens (tertiary/aromatic N) is 3. The summed E-state index contributed by atoms with van der Waals surface area (Å²) in [6.07, 6.45) is 1.76. The predicted octanol–water partition coefficient (Wildman–Crippen LogP) is 3.90. The first-order valence-electron chi connectivity index (χ1n) is 8.57. The first kappa shape index (κ1) is 18.1. The number of rotatable bonds is 6. The summed E-state index contributed by atoms with van der Waals surface area (Å²) in [5, 5.41) is 7.62. The fraction of sp³-hybridized carbons (Fsp3) is 0.250. The molecule has 2 heterocycles. The molecule has 5 nitrogen and oxygen atoms in total. The fourth-order valence-corrected chi connectivity index (χ4v) is 2.98. The molecular weight excluding hydrogens is 348 g/mol. The minimum Gasteiger partial charge on any atom is -0.351 e. The van der Waals surface area contributed by atoms with Gasteiger partial charge in [-0.1, -0.05) is 41.9 Å². The average molecular weight is 369 g/mol. The zero-order valence-corrected chi connectivity index (χ0v) is 15.6. The van der Waals surface area contributed by atoms with Gasteiger partial charge >= 0.3 is 0 Å². The highest BCUT2D eigenvalue weighted by Gasteiger charge is 2.15. The van der Waals surface area contributed by atoms with Crippen LogP contribution >= 0.6 is 11.6 Å². The summed E-state index contributed by atoms with van der Waals surface area (Å²) in [7, 11) is 0. The summed E-state index contributed by atoms with van der Waals surface area (Å²) in [4.78, 5) is 16.9. The van der Waals surface area contributed by atoms with Crippen molar-refractivity contribution in [1.29, 1.82) is 0 Å². The van der Waals surface area contributed by atoms with Crippen molar-refractivity contribution in [3.63, 3.8) is 0 Å². The van der Waals surface area contributed by atoms with Crippen molar-refractivity contribution in [3.05, 3.63) is 76.2 Å². The van der Waals surface area contributed by atoms with Crippen LogP contribution in [0.5, 0.6) is 0 Å². The van der Waals surface area contributed by atoms with Crippen molar-refractivity contribution in [2.45, 2.75) is 26.7 Å². The van der Waals surface area contributed by atoms with E-state index in [0.29, 0.717) is 17.4 Å². The van der Waals surface area contributed by atoms with Crippen molar-refractivity contribution >= 4 is 17.5 Å². The Morgan fingerprint density at radius 3 is 2.62 bits per heavy atom. The Morgan fingerprint density at radius 2 is 1.92 bits per heavy atom. The maximum atomic E-state index is 12.5. The van der Waals surface area contributed by atoms with Crippen LogP contribution < -0.4 is 5.32 Å². The predicted molar refractivity (Wildman–Crippen MR) is 103 cm³/mol. The molecule has 0 bridgehead atoms. The monoisotopic (exact) mass is 368 g/mol. The van der Waals surface area contributed by atoms with Crippen LogP contribution in [0.15, 0.2) is 48.5 Å². The highest BCUT2D eigenvalue weighted by molar-refractivity contribution is 6.33. The van der Waals surface area contributed by atoms with Crippen LogP contribution in [0, 0.1) is 13.8 Å². The summed E-state index contributed by atoms with van der Waals surface area (Å²) in [5.74, 6) is 0.306. The van der Waals surface area contributed by atoms with Crippen molar-refractivity contribution < 1.29 is 4.79 Å². The zero-order valence-electron chi connectivity index (χ0n) is 14.9. The molecule has 3 aromatic rings. The van der Waals surface area contributed by atoms with E-state index in [9.17, 15) is 4.79 Å². The number of carbonyl (C=O) groups is 1. The van der Waals surface area contributed by atoms with E-state index < -0.39 is 0 Å². The summed E-state index contributed by atoms with van der Waals surface area (Å²) < 4.78 is 1.71. The van der Waals surface area contributed by atoms with E-state index in [2.05, 4.69) is 27.5 Å². The lowest BCUT2D eigenvalue weighted by molar-refractivity contribution is 0.0948. The molecule has 0 fully saturated rings. The molecule has 0 saturated heterocycles. The van der Waals surface area contributed by atoms with Crippen molar-refractivity contribution in [3.8, 4) is 5.82 Å². The van der Waals surface area contributed by atoms with E-state index in [0.717, 1.165) is 24.2 Å². The van der Waals surface area contributed by atoms with Crippen molar-refractivity contribution in [1.82, 2.24) is 20.1 Å². The minimum atomic E-state index is -0.272. The molecule has 0 saturated carbocycles. The van der Waals surface area contributed by atoms with Crippen LogP contribution in [0.25, 0.3) is 5.82 Å². The van der Waals surface area contributed by atoms with Gasteiger partial charge in [-0.05, 0) is 50.5 Å². The Hall–Kier alpha value is -2.66. The second kappa shape index (κ2) is 8.15. The maximum Gasteiger partial charge on any atom is 0.271 e. The number of aryl methyl sites for hydroxylation is 3. The number of halogens is 1. The van der Waals surface area contributed by atoms with Crippen LogP contribution in [0.2, 0.25) is 5.02 Å². The minimum absolute atomic E-state index is 0.219. The van der Waals surface area contributed by atoms with Crippen LogP contribution in [0.1, 0.15) is 33.9 Å². The SMILES string of the molecule is Cc1cc(C)n(-c2ccc(Cl)c(C(=O)NCCCc3ccccc3)n2)n1. The van der Waals surface area contributed by atoms with Crippen molar-refractivity contribution in [2.75, 3.05) is 6.54 Å². The lowest BCUT2D eigenvalue weighted by Gasteiger charge is -2.09. The number of amides is 1. The molecule has 0 spiro atoms. The van der Waals surface area contributed by atoms with E-state index in [-0.39, 0.29) is 11.6 Å². The quantitative estimate of drug-likeness (QED) is 0.671. The van der Waals surface area contributed by atoms with E-state index in [1.54, 1.807) is 16.8 Å². The Balaban J connectivity index is 1.65. The van der Waals surface area contributed by atoms with Crippen LogP contribution in [0.4, 0.5) is 0 Å². The third kappa shape index (κ3) is 4.29. The average Bonchev–Trinajstić information content (AvgIpc) is 2.98.